The van der Waals surface area contributed by atoms with E-state index in [1.165, 1.54) is 0 Å². The number of carbonyl (C=O) groups excluding carboxylic acids is 1. The number of nitrogens with zero attached hydrogens (tertiary/aromatic N) is 4. The number of carboxylic acids is 1. The molecule has 9 nitrogen and oxygen atoms in total. The van der Waals surface area contributed by atoms with Crippen molar-refractivity contribution >= 4 is 12.1 Å². The van der Waals surface area contributed by atoms with Gasteiger partial charge in [-0.05, 0) is 62.9 Å². The largest absolute Gasteiger partial charge is 0.478 e. The van der Waals surface area contributed by atoms with Gasteiger partial charge < -0.3 is 25.0 Å². The Balaban J connectivity index is 1.50. The minimum absolute atomic E-state index is 0.288. The molecule has 0 radical (unpaired) electrons. The van der Waals surface area contributed by atoms with Crippen LogP contribution in [-0.2, 0) is 31.0 Å². The Morgan fingerprint density at radius 2 is 1.97 bits per heavy atom. The van der Waals surface area contributed by atoms with Crippen LogP contribution in [0.1, 0.15) is 53.5 Å². The zero-order chi connectivity index (χ0) is 27.4. The van der Waals surface area contributed by atoms with E-state index in [0.717, 1.165) is 33.6 Å². The van der Waals surface area contributed by atoms with Crippen LogP contribution in [0.25, 0.3) is 22.5 Å². The van der Waals surface area contributed by atoms with E-state index in [1.54, 1.807) is 17.0 Å². The molecule has 2 aromatic heterocycles. The minimum Gasteiger partial charge on any atom is -0.478 e. The van der Waals surface area contributed by atoms with Gasteiger partial charge in [0.05, 0.1) is 34.1 Å². The van der Waals surface area contributed by atoms with Gasteiger partial charge in [-0.2, -0.15) is 5.26 Å². The van der Waals surface area contributed by atoms with E-state index >= 15 is 0 Å². The molecule has 3 aromatic rings. The Labute approximate surface area is 221 Å². The van der Waals surface area contributed by atoms with Gasteiger partial charge >= 0.3 is 12.1 Å². The number of carboxylic acid groups (broad SMARTS) is 1. The van der Waals surface area contributed by atoms with Crippen molar-refractivity contribution in [2.45, 2.75) is 51.2 Å². The highest BCUT2D eigenvalue weighted by molar-refractivity contribution is 5.95. The summed E-state index contributed by atoms with van der Waals surface area (Å²) in [6.07, 6.45) is 3.00. The molecule has 0 saturated carbocycles. The SMILES string of the molecule is Cn1c(CC2(N)CN(C(=O)OC(C)(C)C)C2)c(C(=O)O)c2c1-c1cc(-c3cccc(C#N)c3)ncc1CC2. The van der Waals surface area contributed by atoms with Gasteiger partial charge in [0.1, 0.15) is 5.60 Å². The summed E-state index contributed by atoms with van der Waals surface area (Å²) in [4.78, 5) is 31.1. The fourth-order valence-electron chi connectivity index (χ4n) is 5.53. The van der Waals surface area contributed by atoms with Crippen molar-refractivity contribution in [3.05, 3.63) is 64.5 Å². The summed E-state index contributed by atoms with van der Waals surface area (Å²) in [5.74, 6) is -0.983. The number of amides is 1. The number of benzene rings is 1. The summed E-state index contributed by atoms with van der Waals surface area (Å²) in [7, 11) is 1.87. The summed E-state index contributed by atoms with van der Waals surface area (Å²) >= 11 is 0. The molecule has 38 heavy (non-hydrogen) atoms. The number of carbonyl (C=O) groups is 2. The quantitative estimate of drug-likeness (QED) is 0.540. The lowest BCUT2D eigenvalue weighted by atomic mass is 9.84. The first-order valence-electron chi connectivity index (χ1n) is 12.6. The fourth-order valence-corrected chi connectivity index (χ4v) is 5.53. The zero-order valence-electron chi connectivity index (χ0n) is 22.0. The normalized spacial score (nSPS) is 15.6. The molecular weight excluding hydrogens is 482 g/mol. The Hall–Kier alpha value is -4.16. The number of ether oxygens (including phenoxy) is 1. The van der Waals surface area contributed by atoms with Crippen molar-refractivity contribution in [3.8, 4) is 28.6 Å². The number of aromatic carboxylic acids is 1. The lowest BCUT2D eigenvalue weighted by Gasteiger charge is -2.47. The Morgan fingerprint density at radius 1 is 1.24 bits per heavy atom. The summed E-state index contributed by atoms with van der Waals surface area (Å²) in [6.45, 7) is 6.01. The highest BCUT2D eigenvalue weighted by Crippen LogP contribution is 2.41. The average molecular weight is 514 g/mol. The molecule has 1 aliphatic heterocycles. The number of fused-ring (bicyclic) bond motifs is 3. The molecule has 2 aliphatic rings. The molecule has 0 bridgehead atoms. The van der Waals surface area contributed by atoms with Crippen molar-refractivity contribution in [2.24, 2.45) is 12.8 Å². The molecule has 196 valence electrons. The second kappa shape index (κ2) is 8.99. The number of nitriles is 1. The van der Waals surface area contributed by atoms with E-state index < -0.39 is 23.2 Å². The lowest BCUT2D eigenvalue weighted by Crippen LogP contribution is -2.70. The molecular formula is C29H31N5O4. The van der Waals surface area contributed by atoms with Crippen molar-refractivity contribution in [2.75, 3.05) is 13.1 Å². The van der Waals surface area contributed by atoms with Crippen molar-refractivity contribution in [1.29, 1.82) is 5.26 Å². The van der Waals surface area contributed by atoms with Gasteiger partial charge in [-0.3, -0.25) is 4.98 Å². The number of hydrogen-bond acceptors (Lipinski definition) is 6. The molecule has 0 spiro atoms. The molecule has 1 aromatic carbocycles. The van der Waals surface area contributed by atoms with Crippen LogP contribution in [-0.4, -0.2) is 55.8 Å². The molecule has 0 unspecified atom stereocenters. The first kappa shape index (κ1) is 25.5. The standard InChI is InChI=1S/C29H31N5O4/c1-28(2,3)38-27(37)34-15-29(31,16-34)12-23-24(26(35)36)20-9-8-19-14-32-22(11-21(19)25(20)33(23)4)18-7-5-6-17(10-18)13-30/h5-7,10-11,14H,8-9,12,15-16,31H2,1-4H3,(H,35,36). The van der Waals surface area contributed by atoms with Crippen LogP contribution in [0.2, 0.25) is 0 Å². The van der Waals surface area contributed by atoms with Crippen molar-refractivity contribution in [3.63, 3.8) is 0 Å². The van der Waals surface area contributed by atoms with E-state index in [0.29, 0.717) is 36.1 Å². The number of rotatable bonds is 4. The maximum atomic E-state index is 12.5. The number of aromatic nitrogens is 2. The number of aryl methyl sites for hydroxylation is 1. The molecule has 3 N–H and O–H groups in total. The zero-order valence-corrected chi connectivity index (χ0v) is 22.0. The maximum absolute atomic E-state index is 12.5. The molecule has 5 rings (SSSR count). The first-order valence-corrected chi connectivity index (χ1v) is 12.6. The highest BCUT2D eigenvalue weighted by atomic mass is 16.6. The molecule has 9 heteroatoms. The second-order valence-corrected chi connectivity index (χ2v) is 11.3. The Morgan fingerprint density at radius 3 is 2.63 bits per heavy atom. The van der Waals surface area contributed by atoms with Gasteiger partial charge in [-0.25, -0.2) is 9.59 Å². The van der Waals surface area contributed by atoms with Crippen LogP contribution in [0.3, 0.4) is 0 Å². The molecule has 1 amide bonds. The third-order valence-electron chi connectivity index (χ3n) is 7.19. The average Bonchev–Trinajstić information content (AvgIpc) is 3.12. The van der Waals surface area contributed by atoms with Crippen LogP contribution in [0, 0.1) is 11.3 Å². The van der Waals surface area contributed by atoms with E-state index in [4.69, 9.17) is 10.5 Å². The van der Waals surface area contributed by atoms with Gasteiger partial charge in [0.2, 0.25) is 0 Å². The molecule has 1 aliphatic carbocycles. The Kier molecular flexibility index (Phi) is 6.03. The molecule has 1 saturated heterocycles. The highest BCUT2D eigenvalue weighted by Gasteiger charge is 2.45. The number of nitrogens with two attached hydrogens (primary N) is 1. The van der Waals surface area contributed by atoms with Gasteiger partial charge in [0.15, 0.2) is 0 Å². The topological polar surface area (TPSA) is 134 Å². The first-order chi connectivity index (χ1) is 17.9. The van der Waals surface area contributed by atoms with Crippen LogP contribution < -0.4 is 5.73 Å². The van der Waals surface area contributed by atoms with Gasteiger partial charge in [0, 0.05) is 49.6 Å². The number of hydrogen-bond donors (Lipinski definition) is 2. The maximum Gasteiger partial charge on any atom is 0.410 e. The smallest absolute Gasteiger partial charge is 0.410 e. The summed E-state index contributed by atoms with van der Waals surface area (Å²) < 4.78 is 7.39. The van der Waals surface area contributed by atoms with Gasteiger partial charge in [-0.15, -0.1) is 0 Å². The molecule has 3 heterocycles. The minimum atomic E-state index is -0.983. The third-order valence-corrected chi connectivity index (χ3v) is 7.19. The summed E-state index contributed by atoms with van der Waals surface area (Å²) in [6, 6.07) is 11.4. The van der Waals surface area contributed by atoms with E-state index in [2.05, 4.69) is 11.1 Å². The predicted octanol–water partition coefficient (Wildman–Crippen LogP) is 3.91. The number of pyridine rings is 1. The van der Waals surface area contributed by atoms with Crippen LogP contribution in [0.4, 0.5) is 4.79 Å². The van der Waals surface area contributed by atoms with Crippen LogP contribution in [0.5, 0.6) is 0 Å². The molecule has 1 fully saturated rings. The number of likely N-dealkylation sites (tertiary alicyclic amines) is 1. The summed E-state index contributed by atoms with van der Waals surface area (Å²) in [5, 5.41) is 19.5. The van der Waals surface area contributed by atoms with Crippen LogP contribution in [0.15, 0.2) is 36.5 Å². The van der Waals surface area contributed by atoms with Crippen molar-refractivity contribution < 1.29 is 19.4 Å². The van der Waals surface area contributed by atoms with Crippen LogP contribution >= 0.6 is 0 Å². The molecule has 0 atom stereocenters. The monoisotopic (exact) mass is 513 g/mol. The van der Waals surface area contributed by atoms with Crippen molar-refractivity contribution in [1.82, 2.24) is 14.5 Å². The van der Waals surface area contributed by atoms with Gasteiger partial charge in [0.25, 0.3) is 0 Å². The van der Waals surface area contributed by atoms with E-state index in [9.17, 15) is 20.0 Å². The Bertz CT molecular complexity index is 1500. The second-order valence-electron chi connectivity index (χ2n) is 11.3. The van der Waals surface area contributed by atoms with E-state index in [1.807, 2.05) is 56.8 Å². The predicted molar refractivity (Wildman–Crippen MR) is 142 cm³/mol. The third kappa shape index (κ3) is 4.52. The lowest BCUT2D eigenvalue weighted by molar-refractivity contribution is -0.00824. The van der Waals surface area contributed by atoms with E-state index in [-0.39, 0.29) is 13.1 Å². The summed E-state index contributed by atoms with van der Waals surface area (Å²) in [5.41, 5.74) is 11.9. The van der Waals surface area contributed by atoms with Gasteiger partial charge in [-0.1, -0.05) is 12.1 Å². The fraction of sp³-hybridized carbons (Fsp3) is 0.379.